The van der Waals surface area contributed by atoms with E-state index in [4.69, 9.17) is 9.84 Å². The van der Waals surface area contributed by atoms with Crippen LogP contribution in [0.15, 0.2) is 36.4 Å². The van der Waals surface area contributed by atoms with Crippen LogP contribution in [-0.4, -0.2) is 24.2 Å². The van der Waals surface area contributed by atoms with E-state index in [9.17, 15) is 4.79 Å². The van der Waals surface area contributed by atoms with Crippen LogP contribution in [0.3, 0.4) is 0 Å². The van der Waals surface area contributed by atoms with Crippen LogP contribution in [0.25, 0.3) is 10.8 Å². The van der Waals surface area contributed by atoms with Crippen molar-refractivity contribution in [2.24, 2.45) is 5.92 Å². The third-order valence-corrected chi connectivity index (χ3v) is 4.48. The zero-order valence-corrected chi connectivity index (χ0v) is 12.7. The number of nitrogens with one attached hydrogen (secondary N) is 1. The van der Waals surface area contributed by atoms with Gasteiger partial charge in [-0.1, -0.05) is 30.3 Å². The van der Waals surface area contributed by atoms with Gasteiger partial charge in [-0.2, -0.15) is 0 Å². The van der Waals surface area contributed by atoms with E-state index in [1.807, 2.05) is 18.2 Å². The van der Waals surface area contributed by atoms with E-state index < -0.39 is 5.97 Å². The van der Waals surface area contributed by atoms with E-state index >= 15 is 0 Å². The summed E-state index contributed by atoms with van der Waals surface area (Å²) in [6.45, 7) is 0.745. The summed E-state index contributed by atoms with van der Waals surface area (Å²) < 4.78 is 5.49. The van der Waals surface area contributed by atoms with Gasteiger partial charge < -0.3 is 15.2 Å². The molecule has 1 fully saturated rings. The maximum absolute atomic E-state index is 10.7. The van der Waals surface area contributed by atoms with Gasteiger partial charge in [0.25, 0.3) is 0 Å². The second-order valence-electron chi connectivity index (χ2n) is 5.98. The number of rotatable bonds is 6. The van der Waals surface area contributed by atoms with Gasteiger partial charge in [-0.05, 0) is 35.6 Å². The monoisotopic (exact) mass is 299 g/mol. The number of benzene rings is 2. The van der Waals surface area contributed by atoms with Crippen LogP contribution < -0.4 is 10.1 Å². The summed E-state index contributed by atoms with van der Waals surface area (Å²) in [5, 5.41) is 14.7. The highest BCUT2D eigenvalue weighted by Crippen LogP contribution is 2.32. The van der Waals surface area contributed by atoms with Gasteiger partial charge in [-0.3, -0.25) is 4.79 Å². The number of carbonyl (C=O) groups is 1. The molecule has 3 rings (SSSR count). The van der Waals surface area contributed by atoms with Crippen LogP contribution in [0.5, 0.6) is 5.75 Å². The number of hydrogen-bond donors (Lipinski definition) is 2. The smallest absolute Gasteiger partial charge is 0.303 e. The van der Waals surface area contributed by atoms with E-state index in [2.05, 4.69) is 23.5 Å². The Morgan fingerprint density at radius 3 is 2.77 bits per heavy atom. The minimum Gasteiger partial charge on any atom is -0.496 e. The Bertz CT molecular complexity index is 677. The lowest BCUT2D eigenvalue weighted by Crippen LogP contribution is -2.41. The molecule has 0 atom stereocenters. The van der Waals surface area contributed by atoms with Gasteiger partial charge in [0, 0.05) is 24.6 Å². The third kappa shape index (κ3) is 3.07. The van der Waals surface area contributed by atoms with Crippen molar-refractivity contribution in [2.45, 2.75) is 31.8 Å². The molecule has 0 radical (unpaired) electrons. The summed E-state index contributed by atoms with van der Waals surface area (Å²) in [5.74, 6) is 0.524. The Labute approximate surface area is 130 Å². The normalized spacial score (nSPS) is 20.6. The number of ether oxygens (including phenoxy) is 1. The highest BCUT2D eigenvalue weighted by atomic mass is 16.5. The van der Waals surface area contributed by atoms with Crippen LogP contribution >= 0.6 is 0 Å². The van der Waals surface area contributed by atoms with Crippen LogP contribution in [0.2, 0.25) is 0 Å². The van der Waals surface area contributed by atoms with Crippen molar-refractivity contribution in [3.8, 4) is 5.75 Å². The first-order chi connectivity index (χ1) is 10.7. The molecular formula is C18H21NO3. The highest BCUT2D eigenvalue weighted by molar-refractivity contribution is 5.87. The fourth-order valence-corrected chi connectivity index (χ4v) is 3.25. The molecule has 0 unspecified atom stereocenters. The van der Waals surface area contributed by atoms with Crippen molar-refractivity contribution in [1.29, 1.82) is 0 Å². The fraction of sp³-hybridized carbons (Fsp3) is 0.389. The Morgan fingerprint density at radius 2 is 2.05 bits per heavy atom. The van der Waals surface area contributed by atoms with Crippen LogP contribution in [0, 0.1) is 5.92 Å². The van der Waals surface area contributed by atoms with Gasteiger partial charge >= 0.3 is 5.97 Å². The van der Waals surface area contributed by atoms with Crippen LogP contribution in [0.1, 0.15) is 24.8 Å². The van der Waals surface area contributed by atoms with E-state index in [0.717, 1.165) is 25.1 Å². The van der Waals surface area contributed by atoms with Gasteiger partial charge in [-0.15, -0.1) is 0 Å². The predicted molar refractivity (Wildman–Crippen MR) is 86.1 cm³/mol. The number of carboxylic acid groups (broad SMARTS) is 1. The largest absolute Gasteiger partial charge is 0.496 e. The van der Waals surface area contributed by atoms with Crippen molar-refractivity contribution in [3.05, 3.63) is 42.0 Å². The Hall–Kier alpha value is -2.07. The molecule has 1 aliphatic rings. The summed E-state index contributed by atoms with van der Waals surface area (Å²) in [5.41, 5.74) is 1.17. The number of methoxy groups -OCH3 is 1. The van der Waals surface area contributed by atoms with Gasteiger partial charge in [0.2, 0.25) is 0 Å². The zero-order valence-electron chi connectivity index (χ0n) is 12.7. The topological polar surface area (TPSA) is 58.6 Å². The Morgan fingerprint density at radius 1 is 1.27 bits per heavy atom. The standard InChI is InChI=1S/C18H21NO3/c1-22-17-7-6-13-4-2-3-5-15(13)16(17)11-19-14-8-12(9-14)10-18(20)21/h2-7,12,14,19H,8-11H2,1H3,(H,20,21). The van der Waals surface area contributed by atoms with Crippen molar-refractivity contribution in [3.63, 3.8) is 0 Å². The Kier molecular flexibility index (Phi) is 4.29. The first kappa shape index (κ1) is 14.9. The predicted octanol–water partition coefficient (Wildman–Crippen LogP) is 3.19. The summed E-state index contributed by atoms with van der Waals surface area (Å²) >= 11 is 0. The molecule has 2 N–H and O–H groups in total. The molecule has 116 valence electrons. The van der Waals surface area contributed by atoms with E-state index in [1.165, 1.54) is 16.3 Å². The minimum absolute atomic E-state index is 0.287. The maximum atomic E-state index is 10.7. The second kappa shape index (κ2) is 6.36. The molecule has 0 saturated heterocycles. The molecule has 0 aromatic heterocycles. The van der Waals surface area contributed by atoms with Gasteiger partial charge in [-0.25, -0.2) is 0 Å². The number of aliphatic carboxylic acids is 1. The minimum atomic E-state index is -0.695. The van der Waals surface area contributed by atoms with Crippen molar-refractivity contribution in [1.82, 2.24) is 5.32 Å². The first-order valence-electron chi connectivity index (χ1n) is 7.67. The van der Waals surface area contributed by atoms with Crippen LogP contribution in [-0.2, 0) is 11.3 Å². The van der Waals surface area contributed by atoms with Crippen molar-refractivity contribution >= 4 is 16.7 Å². The van der Waals surface area contributed by atoms with Crippen LogP contribution in [0.4, 0.5) is 0 Å². The molecule has 1 aliphatic carbocycles. The number of carboxylic acids is 1. The maximum Gasteiger partial charge on any atom is 0.303 e. The average molecular weight is 299 g/mol. The molecule has 0 aliphatic heterocycles. The molecule has 0 amide bonds. The summed E-state index contributed by atoms with van der Waals surface area (Å²) in [7, 11) is 1.69. The molecular weight excluding hydrogens is 278 g/mol. The fourth-order valence-electron chi connectivity index (χ4n) is 3.25. The molecule has 4 nitrogen and oxygen atoms in total. The van der Waals surface area contributed by atoms with Crippen molar-refractivity contribution < 1.29 is 14.6 Å². The Balaban J connectivity index is 1.68. The first-order valence-corrected chi connectivity index (χ1v) is 7.67. The van der Waals surface area contributed by atoms with Gasteiger partial charge in [0.05, 0.1) is 7.11 Å². The summed E-state index contributed by atoms with van der Waals surface area (Å²) in [6, 6.07) is 12.8. The lowest BCUT2D eigenvalue weighted by molar-refractivity contribution is -0.138. The lowest BCUT2D eigenvalue weighted by Gasteiger charge is -2.35. The second-order valence-corrected chi connectivity index (χ2v) is 5.98. The quantitative estimate of drug-likeness (QED) is 0.860. The van der Waals surface area contributed by atoms with Crippen molar-refractivity contribution in [2.75, 3.05) is 7.11 Å². The zero-order chi connectivity index (χ0) is 15.5. The molecule has 2 aromatic carbocycles. The SMILES string of the molecule is COc1ccc2ccccc2c1CNC1CC(CC(=O)O)C1. The van der Waals surface area contributed by atoms with E-state index in [0.29, 0.717) is 12.0 Å². The third-order valence-electron chi connectivity index (χ3n) is 4.48. The number of hydrogen-bond acceptors (Lipinski definition) is 3. The molecule has 0 bridgehead atoms. The molecule has 0 heterocycles. The summed E-state index contributed by atoms with van der Waals surface area (Å²) in [6.07, 6.45) is 2.18. The molecule has 22 heavy (non-hydrogen) atoms. The van der Waals surface area contributed by atoms with Gasteiger partial charge in [0.1, 0.15) is 5.75 Å². The molecule has 1 saturated carbocycles. The van der Waals surface area contributed by atoms with Gasteiger partial charge in [0.15, 0.2) is 0 Å². The molecule has 0 spiro atoms. The summed E-state index contributed by atoms with van der Waals surface area (Å²) in [4.78, 5) is 10.7. The van der Waals surface area contributed by atoms with E-state index in [1.54, 1.807) is 7.11 Å². The average Bonchev–Trinajstić information content (AvgIpc) is 2.48. The molecule has 2 aromatic rings. The molecule has 4 heteroatoms. The lowest BCUT2D eigenvalue weighted by atomic mass is 9.78. The van der Waals surface area contributed by atoms with E-state index in [-0.39, 0.29) is 6.42 Å². The number of fused-ring (bicyclic) bond motifs is 1. The highest BCUT2D eigenvalue weighted by Gasteiger charge is 2.30.